The van der Waals surface area contributed by atoms with Gasteiger partial charge in [-0.1, -0.05) is 54.1 Å². The van der Waals surface area contributed by atoms with E-state index in [9.17, 15) is 4.79 Å². The van der Waals surface area contributed by atoms with Gasteiger partial charge in [0.25, 0.3) is 0 Å². The second-order valence-corrected chi connectivity index (χ2v) is 9.23. The lowest BCUT2D eigenvalue weighted by Gasteiger charge is -2.45. The van der Waals surface area contributed by atoms with Gasteiger partial charge in [0.15, 0.2) is 0 Å². The van der Waals surface area contributed by atoms with Gasteiger partial charge in [0.1, 0.15) is 6.61 Å². The average Bonchev–Trinajstić information content (AvgIpc) is 2.83. The second-order valence-electron chi connectivity index (χ2n) is 8.79. The highest BCUT2D eigenvalue weighted by Crippen LogP contribution is 2.41. The lowest BCUT2D eigenvalue weighted by Crippen LogP contribution is -2.54. The number of halogens is 2. The van der Waals surface area contributed by atoms with Crippen molar-refractivity contribution in [1.29, 1.82) is 0 Å². The minimum absolute atomic E-state index is 0. The first-order valence-corrected chi connectivity index (χ1v) is 11.6. The van der Waals surface area contributed by atoms with Crippen LogP contribution in [0.1, 0.15) is 36.8 Å². The van der Waals surface area contributed by atoms with Gasteiger partial charge in [-0.25, -0.2) is 4.79 Å². The van der Waals surface area contributed by atoms with E-state index >= 15 is 0 Å². The van der Waals surface area contributed by atoms with Crippen molar-refractivity contribution in [3.63, 3.8) is 0 Å². The summed E-state index contributed by atoms with van der Waals surface area (Å²) in [5.74, 6) is 0. The van der Waals surface area contributed by atoms with Gasteiger partial charge in [-0.2, -0.15) is 0 Å². The van der Waals surface area contributed by atoms with Gasteiger partial charge in [-0.15, -0.1) is 12.4 Å². The number of hydrogen-bond acceptors (Lipinski definition) is 4. The summed E-state index contributed by atoms with van der Waals surface area (Å²) in [6, 6.07) is 18.6. The van der Waals surface area contributed by atoms with Crippen molar-refractivity contribution in [2.45, 2.75) is 43.7 Å². The summed E-state index contributed by atoms with van der Waals surface area (Å²) >= 11 is 6.24. The molecule has 0 atom stereocenters. The van der Waals surface area contributed by atoms with Gasteiger partial charge >= 0.3 is 6.09 Å². The van der Waals surface area contributed by atoms with Crippen LogP contribution in [0, 0.1) is 0 Å². The monoisotopic (exact) mass is 477 g/mol. The first kappa shape index (κ1) is 24.8. The van der Waals surface area contributed by atoms with Crippen molar-refractivity contribution in [3.05, 3.63) is 70.7 Å². The fourth-order valence-corrected chi connectivity index (χ4v) is 5.22. The fraction of sp³-hybridized carbons (Fsp3) is 0.480. The van der Waals surface area contributed by atoms with Gasteiger partial charge in [-0.05, 0) is 48.9 Å². The summed E-state index contributed by atoms with van der Waals surface area (Å²) in [6.45, 7) is 4.23. The van der Waals surface area contributed by atoms with E-state index in [0.29, 0.717) is 19.2 Å². The molecule has 0 aromatic heterocycles. The van der Waals surface area contributed by atoms with E-state index in [0.717, 1.165) is 62.4 Å². The number of nitrogens with zero attached hydrogens (tertiary/aromatic N) is 2. The van der Waals surface area contributed by atoms with E-state index in [4.69, 9.17) is 22.1 Å². The van der Waals surface area contributed by atoms with Crippen LogP contribution in [0.15, 0.2) is 54.6 Å². The molecule has 2 aliphatic rings. The zero-order valence-corrected chi connectivity index (χ0v) is 20.0. The van der Waals surface area contributed by atoms with E-state index in [2.05, 4.69) is 17.0 Å². The molecule has 4 rings (SSSR count). The van der Waals surface area contributed by atoms with Crippen LogP contribution in [0.25, 0.3) is 0 Å². The van der Waals surface area contributed by atoms with Crippen LogP contribution in [-0.2, 0) is 16.8 Å². The summed E-state index contributed by atoms with van der Waals surface area (Å²) in [5.41, 5.74) is 8.57. The molecule has 1 saturated heterocycles. The van der Waals surface area contributed by atoms with Crippen molar-refractivity contribution in [2.75, 3.05) is 32.7 Å². The molecule has 0 spiro atoms. The molecule has 5 nitrogen and oxygen atoms in total. The number of piperazine rings is 1. The third-order valence-electron chi connectivity index (χ3n) is 7.03. The maximum atomic E-state index is 12.4. The smallest absolute Gasteiger partial charge is 0.410 e. The Bertz CT molecular complexity index is 865. The van der Waals surface area contributed by atoms with Crippen LogP contribution in [-0.4, -0.2) is 54.7 Å². The highest BCUT2D eigenvalue weighted by molar-refractivity contribution is 6.30. The topological polar surface area (TPSA) is 58.8 Å². The summed E-state index contributed by atoms with van der Waals surface area (Å²) < 4.78 is 5.49. The Morgan fingerprint density at radius 3 is 2.34 bits per heavy atom. The normalized spacial score (nSPS) is 23.9. The predicted octanol–water partition coefficient (Wildman–Crippen LogP) is 4.86. The first-order valence-electron chi connectivity index (χ1n) is 11.3. The Hall–Kier alpha value is -1.79. The molecule has 2 aromatic carbocycles. The van der Waals surface area contributed by atoms with Gasteiger partial charge in [0, 0.05) is 49.2 Å². The molecule has 0 unspecified atom stereocenters. The predicted molar refractivity (Wildman–Crippen MR) is 131 cm³/mol. The maximum Gasteiger partial charge on any atom is 0.410 e. The zero-order valence-electron chi connectivity index (χ0n) is 18.4. The number of ether oxygens (including phenoxy) is 1. The van der Waals surface area contributed by atoms with Crippen molar-refractivity contribution in [3.8, 4) is 0 Å². The second kappa shape index (κ2) is 11.4. The summed E-state index contributed by atoms with van der Waals surface area (Å²) in [5, 5.41) is 0.780. The maximum absolute atomic E-state index is 12.4. The lowest BCUT2D eigenvalue weighted by molar-refractivity contribution is 0.0468. The van der Waals surface area contributed by atoms with Crippen LogP contribution in [0.2, 0.25) is 5.02 Å². The highest BCUT2D eigenvalue weighted by atomic mass is 35.5. The molecule has 1 heterocycles. The standard InChI is InChI=1S/C25H32ClN3O2.ClH/c26-22-8-4-7-21(17-22)25(19-27)11-9-23(10-12-25)28-13-15-29(16-14-28)24(30)31-18-20-5-2-1-3-6-20;/h1-8,17,23H,9-16,18-19,27H2;1H/t23-,25-;. The molecule has 0 bridgehead atoms. The number of amides is 1. The average molecular weight is 478 g/mol. The zero-order chi connectivity index (χ0) is 21.7. The van der Waals surface area contributed by atoms with Crippen molar-refractivity contribution < 1.29 is 9.53 Å². The SMILES string of the molecule is Cl.NC[C@]1(c2cccc(Cl)c2)CC[C@H](N2CCN(C(=O)OCc3ccccc3)CC2)CC1. The quantitative estimate of drug-likeness (QED) is 0.667. The Labute approximate surface area is 202 Å². The molecule has 1 amide bonds. The third kappa shape index (κ3) is 5.76. The van der Waals surface area contributed by atoms with Crippen LogP contribution in [0.5, 0.6) is 0 Å². The number of benzene rings is 2. The van der Waals surface area contributed by atoms with Crippen molar-refractivity contribution in [2.24, 2.45) is 5.73 Å². The van der Waals surface area contributed by atoms with E-state index in [1.807, 2.05) is 47.4 Å². The number of carbonyl (C=O) groups excluding carboxylic acids is 1. The first-order chi connectivity index (χ1) is 15.1. The Morgan fingerprint density at radius 2 is 1.72 bits per heavy atom. The molecule has 2 aromatic rings. The Balaban J connectivity index is 0.00000289. The van der Waals surface area contributed by atoms with E-state index in [1.165, 1.54) is 5.56 Å². The number of carbonyl (C=O) groups is 1. The van der Waals surface area contributed by atoms with Crippen LogP contribution in [0.3, 0.4) is 0 Å². The molecule has 1 aliphatic carbocycles. The van der Waals surface area contributed by atoms with Crippen LogP contribution < -0.4 is 5.73 Å². The van der Waals surface area contributed by atoms with Gasteiger partial charge in [0.05, 0.1) is 0 Å². The van der Waals surface area contributed by atoms with Crippen LogP contribution >= 0.6 is 24.0 Å². The Kier molecular flexibility index (Phi) is 8.83. The lowest BCUT2D eigenvalue weighted by atomic mass is 9.68. The van der Waals surface area contributed by atoms with Crippen molar-refractivity contribution >= 4 is 30.1 Å². The number of rotatable bonds is 5. The largest absolute Gasteiger partial charge is 0.445 e. The van der Waals surface area contributed by atoms with Gasteiger partial charge in [0.2, 0.25) is 0 Å². The van der Waals surface area contributed by atoms with Crippen molar-refractivity contribution in [1.82, 2.24) is 9.80 Å². The fourth-order valence-electron chi connectivity index (χ4n) is 5.03. The minimum atomic E-state index is -0.213. The number of nitrogens with two attached hydrogens (primary N) is 1. The summed E-state index contributed by atoms with van der Waals surface area (Å²) in [6.07, 6.45) is 4.20. The molecule has 7 heteroatoms. The molecule has 174 valence electrons. The highest BCUT2D eigenvalue weighted by Gasteiger charge is 2.38. The summed E-state index contributed by atoms with van der Waals surface area (Å²) in [7, 11) is 0. The molecule has 2 N–H and O–H groups in total. The van der Waals surface area contributed by atoms with E-state index in [-0.39, 0.29) is 23.9 Å². The summed E-state index contributed by atoms with van der Waals surface area (Å²) in [4.78, 5) is 16.8. The molecule has 32 heavy (non-hydrogen) atoms. The molecule has 2 fully saturated rings. The Morgan fingerprint density at radius 1 is 1.03 bits per heavy atom. The van der Waals surface area contributed by atoms with Gasteiger partial charge < -0.3 is 15.4 Å². The molecule has 1 aliphatic heterocycles. The van der Waals surface area contributed by atoms with E-state index in [1.54, 1.807) is 0 Å². The molecular formula is C25H33Cl2N3O2. The molecule has 1 saturated carbocycles. The van der Waals surface area contributed by atoms with Crippen LogP contribution in [0.4, 0.5) is 4.79 Å². The molecule has 0 radical (unpaired) electrons. The minimum Gasteiger partial charge on any atom is -0.445 e. The third-order valence-corrected chi connectivity index (χ3v) is 7.27. The molecular weight excluding hydrogens is 445 g/mol. The van der Waals surface area contributed by atoms with E-state index < -0.39 is 0 Å². The number of hydrogen-bond donors (Lipinski definition) is 1. The van der Waals surface area contributed by atoms with Gasteiger partial charge in [-0.3, -0.25) is 4.90 Å².